The van der Waals surface area contributed by atoms with Crippen molar-refractivity contribution >= 4 is 17.3 Å². The maximum Gasteiger partial charge on any atom is 0.311 e. The van der Waals surface area contributed by atoms with Crippen molar-refractivity contribution < 1.29 is 14.4 Å². The number of hydrogen-bond donors (Lipinski definition) is 0. The van der Waals surface area contributed by atoms with Crippen molar-refractivity contribution in [2.75, 3.05) is 63.4 Å². The summed E-state index contributed by atoms with van der Waals surface area (Å²) in [6.45, 7) is 4.76. The number of piperidine rings is 2. The van der Waals surface area contributed by atoms with Crippen LogP contribution in [0.25, 0.3) is 0 Å². The molecule has 0 aliphatic carbocycles. The molecule has 0 spiro atoms. The number of methoxy groups -OCH3 is 2. The first kappa shape index (κ1) is 19.8. The molecule has 0 N–H and O–H groups in total. The largest absolute Gasteiger partial charge is 0.384 e. The highest BCUT2D eigenvalue weighted by Crippen LogP contribution is 2.33. The summed E-state index contributed by atoms with van der Waals surface area (Å²) in [5.74, 6) is 2.18. The summed E-state index contributed by atoms with van der Waals surface area (Å²) in [4.78, 5) is 20.3. The number of aromatic nitrogens is 1. The zero-order chi connectivity index (χ0) is 19.2. The summed E-state index contributed by atoms with van der Waals surface area (Å²) < 4.78 is 10.6. The fourth-order valence-electron chi connectivity index (χ4n) is 4.26. The van der Waals surface area contributed by atoms with E-state index in [1.807, 2.05) is 0 Å². The van der Waals surface area contributed by atoms with Crippen LogP contribution in [0.1, 0.15) is 25.7 Å². The van der Waals surface area contributed by atoms with Crippen LogP contribution >= 0.6 is 0 Å². The molecule has 8 heteroatoms. The molecule has 0 saturated carbocycles. The van der Waals surface area contributed by atoms with Gasteiger partial charge in [-0.3, -0.25) is 10.1 Å². The summed E-state index contributed by atoms with van der Waals surface area (Å²) >= 11 is 0. The molecule has 2 fully saturated rings. The maximum atomic E-state index is 11.6. The smallest absolute Gasteiger partial charge is 0.311 e. The van der Waals surface area contributed by atoms with Crippen molar-refractivity contribution in [1.82, 2.24) is 4.98 Å². The van der Waals surface area contributed by atoms with Crippen molar-refractivity contribution in [3.63, 3.8) is 0 Å². The Morgan fingerprint density at radius 1 is 1.07 bits per heavy atom. The Morgan fingerprint density at radius 2 is 1.67 bits per heavy atom. The van der Waals surface area contributed by atoms with Gasteiger partial charge in [0.2, 0.25) is 5.82 Å². The highest BCUT2D eigenvalue weighted by Gasteiger charge is 2.29. The van der Waals surface area contributed by atoms with Crippen LogP contribution in [0, 0.1) is 22.0 Å². The van der Waals surface area contributed by atoms with Crippen molar-refractivity contribution in [3.05, 3.63) is 22.2 Å². The SMILES string of the molecule is COC[C@H]1CCCN(c2ccc([N+](=O)[O-])c(N3CCC[C@@H](COC)C3)n2)C1. The van der Waals surface area contributed by atoms with Crippen molar-refractivity contribution in [2.24, 2.45) is 11.8 Å². The number of rotatable bonds is 7. The second-order valence-electron chi connectivity index (χ2n) is 7.59. The molecule has 2 atom stereocenters. The molecular formula is C19H30N4O4. The minimum absolute atomic E-state index is 0.0854. The predicted octanol–water partition coefficient (Wildman–Crippen LogP) is 2.72. The molecule has 2 aliphatic heterocycles. The second kappa shape index (κ2) is 9.32. The molecule has 1 aromatic rings. The van der Waals surface area contributed by atoms with Gasteiger partial charge in [-0.15, -0.1) is 0 Å². The van der Waals surface area contributed by atoms with Gasteiger partial charge in [0.15, 0.2) is 0 Å². The Labute approximate surface area is 160 Å². The van der Waals surface area contributed by atoms with Gasteiger partial charge < -0.3 is 19.3 Å². The minimum Gasteiger partial charge on any atom is -0.384 e. The number of ether oxygens (including phenoxy) is 2. The molecule has 3 rings (SSSR count). The first-order valence-electron chi connectivity index (χ1n) is 9.75. The molecule has 2 aliphatic rings. The topological polar surface area (TPSA) is 81.0 Å². The predicted molar refractivity (Wildman–Crippen MR) is 105 cm³/mol. The van der Waals surface area contributed by atoms with E-state index in [2.05, 4.69) is 9.80 Å². The van der Waals surface area contributed by atoms with Gasteiger partial charge in [-0.2, -0.15) is 0 Å². The lowest BCUT2D eigenvalue weighted by Gasteiger charge is -2.35. The molecule has 0 unspecified atom stereocenters. The number of hydrogen-bond acceptors (Lipinski definition) is 7. The lowest BCUT2D eigenvalue weighted by Crippen LogP contribution is -2.39. The minimum atomic E-state index is -0.323. The van der Waals surface area contributed by atoms with Gasteiger partial charge in [-0.05, 0) is 43.6 Å². The first-order valence-corrected chi connectivity index (χ1v) is 9.75. The monoisotopic (exact) mass is 378 g/mol. The Hall–Kier alpha value is -1.93. The average Bonchev–Trinajstić information content (AvgIpc) is 2.68. The average molecular weight is 378 g/mol. The fraction of sp³-hybridized carbons (Fsp3) is 0.737. The van der Waals surface area contributed by atoms with Crippen LogP contribution in [-0.2, 0) is 9.47 Å². The zero-order valence-electron chi connectivity index (χ0n) is 16.3. The summed E-state index contributed by atoms with van der Waals surface area (Å²) in [6, 6.07) is 3.39. The van der Waals surface area contributed by atoms with E-state index < -0.39 is 0 Å². The van der Waals surface area contributed by atoms with Gasteiger partial charge in [0.25, 0.3) is 0 Å². The van der Waals surface area contributed by atoms with Crippen molar-refractivity contribution in [2.45, 2.75) is 25.7 Å². The quantitative estimate of drug-likeness (QED) is 0.533. The summed E-state index contributed by atoms with van der Waals surface area (Å²) in [6.07, 6.45) is 4.32. The summed E-state index contributed by atoms with van der Waals surface area (Å²) in [5, 5.41) is 11.6. The van der Waals surface area contributed by atoms with E-state index in [9.17, 15) is 10.1 Å². The fourth-order valence-corrected chi connectivity index (χ4v) is 4.26. The molecule has 27 heavy (non-hydrogen) atoms. The van der Waals surface area contributed by atoms with Gasteiger partial charge in [0.05, 0.1) is 18.1 Å². The molecule has 3 heterocycles. The van der Waals surface area contributed by atoms with Gasteiger partial charge in [-0.1, -0.05) is 0 Å². The molecule has 150 valence electrons. The molecule has 0 amide bonds. The summed E-state index contributed by atoms with van der Waals surface area (Å²) in [7, 11) is 3.43. The Kier molecular flexibility index (Phi) is 6.84. The van der Waals surface area contributed by atoms with Crippen LogP contribution in [0.2, 0.25) is 0 Å². The van der Waals surface area contributed by atoms with Crippen LogP contribution in [0.4, 0.5) is 17.3 Å². The van der Waals surface area contributed by atoms with E-state index >= 15 is 0 Å². The third kappa shape index (κ3) is 4.87. The molecule has 8 nitrogen and oxygen atoms in total. The molecule has 1 aromatic heterocycles. The van der Waals surface area contributed by atoms with Crippen molar-refractivity contribution in [1.29, 1.82) is 0 Å². The lowest BCUT2D eigenvalue weighted by atomic mass is 9.98. The normalized spacial score (nSPS) is 23.5. The van der Waals surface area contributed by atoms with E-state index in [1.165, 1.54) is 0 Å². The van der Waals surface area contributed by atoms with E-state index in [-0.39, 0.29) is 10.6 Å². The van der Waals surface area contributed by atoms with E-state index in [4.69, 9.17) is 14.5 Å². The molecule has 0 bridgehead atoms. The molecule has 2 saturated heterocycles. The highest BCUT2D eigenvalue weighted by atomic mass is 16.6. The van der Waals surface area contributed by atoms with E-state index in [0.717, 1.165) is 64.3 Å². The maximum absolute atomic E-state index is 11.6. The zero-order valence-corrected chi connectivity index (χ0v) is 16.3. The number of anilines is 2. The molecule has 0 radical (unpaired) electrons. The molecule has 0 aromatic carbocycles. The van der Waals surface area contributed by atoms with Crippen LogP contribution < -0.4 is 9.80 Å². The Balaban J connectivity index is 1.83. The van der Waals surface area contributed by atoms with Gasteiger partial charge in [-0.25, -0.2) is 4.98 Å². The summed E-state index contributed by atoms with van der Waals surface area (Å²) in [5.41, 5.74) is 0.0854. The lowest BCUT2D eigenvalue weighted by molar-refractivity contribution is -0.384. The first-order chi connectivity index (χ1) is 13.1. The Bertz CT molecular complexity index is 638. The second-order valence-corrected chi connectivity index (χ2v) is 7.59. The van der Waals surface area contributed by atoms with Crippen molar-refractivity contribution in [3.8, 4) is 0 Å². The highest BCUT2D eigenvalue weighted by molar-refractivity contribution is 5.62. The molecular weight excluding hydrogens is 348 g/mol. The van der Waals surface area contributed by atoms with E-state index in [0.29, 0.717) is 24.3 Å². The van der Waals surface area contributed by atoms with Gasteiger partial charge >= 0.3 is 5.69 Å². The van der Waals surface area contributed by atoms with Crippen LogP contribution in [-0.4, -0.2) is 63.5 Å². The number of pyridine rings is 1. The third-order valence-electron chi connectivity index (χ3n) is 5.50. The van der Waals surface area contributed by atoms with Gasteiger partial charge in [0.1, 0.15) is 5.82 Å². The van der Waals surface area contributed by atoms with Crippen LogP contribution in [0.3, 0.4) is 0 Å². The van der Waals surface area contributed by atoms with Crippen LogP contribution in [0.5, 0.6) is 0 Å². The van der Waals surface area contributed by atoms with Gasteiger partial charge in [0, 0.05) is 46.5 Å². The Morgan fingerprint density at radius 3 is 2.26 bits per heavy atom. The van der Waals surface area contributed by atoms with Crippen LogP contribution in [0.15, 0.2) is 12.1 Å². The standard InChI is InChI=1S/C19H30N4O4/c1-26-13-15-5-3-9-21(11-15)18-8-7-17(23(24)25)19(20-18)22-10-4-6-16(12-22)14-27-2/h7-8,15-16H,3-6,9-14H2,1-2H3/t15-,16+/m0/s1. The van der Waals surface area contributed by atoms with E-state index in [1.54, 1.807) is 26.4 Å². The number of nitrogens with zero attached hydrogens (tertiary/aromatic N) is 4. The third-order valence-corrected chi connectivity index (χ3v) is 5.50. The number of nitro groups is 1.